The summed E-state index contributed by atoms with van der Waals surface area (Å²) in [6.45, 7) is 2.04. The molecule has 0 radical (unpaired) electrons. The van der Waals surface area contributed by atoms with Crippen LogP contribution in [0.4, 0.5) is 10.1 Å². The van der Waals surface area contributed by atoms with Gasteiger partial charge in [0.1, 0.15) is 12.4 Å². The van der Waals surface area contributed by atoms with Crippen LogP contribution in [0.1, 0.15) is 30.5 Å². The number of nitrogens with zero attached hydrogens (tertiary/aromatic N) is 3. The molecule has 0 aliphatic carbocycles. The van der Waals surface area contributed by atoms with Gasteiger partial charge in [0.15, 0.2) is 17.7 Å². The van der Waals surface area contributed by atoms with E-state index in [9.17, 15) is 9.18 Å². The normalized spacial score (nSPS) is 15.7. The molecule has 1 aliphatic rings. The average Bonchev–Trinajstić information content (AvgIpc) is 3.38. The van der Waals surface area contributed by atoms with Gasteiger partial charge in [0.05, 0.1) is 17.5 Å². The Hall–Kier alpha value is -3.85. The van der Waals surface area contributed by atoms with Gasteiger partial charge in [0.2, 0.25) is 5.91 Å². The van der Waals surface area contributed by atoms with E-state index in [1.807, 2.05) is 54.6 Å². The van der Waals surface area contributed by atoms with Gasteiger partial charge >= 0.3 is 0 Å². The molecule has 0 fully saturated rings. The summed E-state index contributed by atoms with van der Waals surface area (Å²) in [6, 6.07) is 23.1. The fourth-order valence-corrected chi connectivity index (χ4v) is 4.46. The summed E-state index contributed by atoms with van der Waals surface area (Å²) < 4.78 is 31.1. The van der Waals surface area contributed by atoms with Gasteiger partial charge in [0, 0.05) is 0 Å². The number of carbonyl (C=O) groups excluding carboxylic acids is 1. The van der Waals surface area contributed by atoms with Crippen LogP contribution in [0, 0.1) is 5.82 Å². The first-order valence-electron chi connectivity index (χ1n) is 11.1. The molecular weight excluding hydrogens is 469 g/mol. The van der Waals surface area contributed by atoms with Gasteiger partial charge in [-0.25, -0.2) is 4.39 Å². The van der Waals surface area contributed by atoms with E-state index in [4.69, 9.17) is 13.9 Å². The number of ether oxygens (including phenoxy) is 2. The molecule has 0 saturated carbocycles. The van der Waals surface area contributed by atoms with Gasteiger partial charge in [-0.2, -0.15) is 0 Å². The Morgan fingerprint density at radius 2 is 1.83 bits per heavy atom. The van der Waals surface area contributed by atoms with Crippen molar-refractivity contribution in [1.82, 2.24) is 10.2 Å². The van der Waals surface area contributed by atoms with E-state index in [1.165, 1.54) is 12.1 Å². The molecular formula is C26H22FN3O4S. The molecule has 1 aromatic heterocycles. The first kappa shape index (κ1) is 22.9. The summed E-state index contributed by atoms with van der Waals surface area (Å²) in [4.78, 5) is 15.2. The number of fused-ring (bicyclic) bond motifs is 1. The van der Waals surface area contributed by atoms with E-state index >= 15 is 0 Å². The van der Waals surface area contributed by atoms with Crippen LogP contribution in [0.5, 0.6) is 11.5 Å². The third-order valence-corrected chi connectivity index (χ3v) is 6.32. The molecule has 4 aromatic rings. The Balaban J connectivity index is 1.29. The van der Waals surface area contributed by atoms with E-state index < -0.39 is 11.9 Å². The van der Waals surface area contributed by atoms with Gasteiger partial charge in [-0.05, 0) is 36.8 Å². The molecule has 178 valence electrons. The Labute approximate surface area is 205 Å². The van der Waals surface area contributed by atoms with Gasteiger partial charge in [-0.1, -0.05) is 66.4 Å². The highest BCUT2D eigenvalue weighted by molar-refractivity contribution is 7.99. The van der Waals surface area contributed by atoms with Crippen molar-refractivity contribution in [2.75, 3.05) is 17.3 Å². The first-order chi connectivity index (χ1) is 17.1. The van der Waals surface area contributed by atoms with Crippen LogP contribution in [-0.4, -0.2) is 28.5 Å². The largest absolute Gasteiger partial charge is 0.489 e. The van der Waals surface area contributed by atoms with Crippen LogP contribution in [0.3, 0.4) is 0 Å². The lowest BCUT2D eigenvalue weighted by Gasteiger charge is -2.37. The maximum atomic E-state index is 13.9. The molecule has 9 heteroatoms. The fourth-order valence-electron chi connectivity index (χ4n) is 3.84. The van der Waals surface area contributed by atoms with Crippen LogP contribution in [0.2, 0.25) is 0 Å². The van der Waals surface area contributed by atoms with Crippen molar-refractivity contribution in [3.8, 4) is 11.5 Å². The Bertz CT molecular complexity index is 1320. The number of aromatic nitrogens is 2. The summed E-state index contributed by atoms with van der Waals surface area (Å²) in [5.41, 5.74) is 1.70. The number of thioether (sulfide) groups is 1. The molecule has 2 atom stereocenters. The average molecular weight is 492 g/mol. The standard InChI is InChI=1S/C26H22FN3O4S/c1-17(33-22-13-7-5-11-19(22)27)25-28-29-26(34-25)35-16-24(31)30-20-12-6-8-14-23(20)32-15-21(30)18-9-3-2-4-10-18/h2-14,17,21H,15-16H2,1H3. The first-order valence-corrected chi connectivity index (χ1v) is 12.0. The number of benzene rings is 3. The van der Waals surface area contributed by atoms with Crippen molar-refractivity contribution < 1.29 is 23.1 Å². The predicted molar refractivity (Wildman–Crippen MR) is 129 cm³/mol. The number of para-hydroxylation sites is 3. The molecule has 2 unspecified atom stereocenters. The van der Waals surface area contributed by atoms with E-state index in [0.717, 1.165) is 23.0 Å². The molecule has 2 heterocycles. The van der Waals surface area contributed by atoms with Crippen molar-refractivity contribution in [3.05, 3.63) is 96.1 Å². The highest BCUT2D eigenvalue weighted by Gasteiger charge is 2.33. The third kappa shape index (κ3) is 5.00. The number of amides is 1. The molecule has 35 heavy (non-hydrogen) atoms. The Kier molecular flexibility index (Phi) is 6.67. The molecule has 0 bridgehead atoms. The van der Waals surface area contributed by atoms with Crippen molar-refractivity contribution >= 4 is 23.4 Å². The van der Waals surface area contributed by atoms with Gasteiger partial charge in [-0.15, -0.1) is 10.2 Å². The minimum absolute atomic E-state index is 0.0852. The minimum Gasteiger partial charge on any atom is -0.489 e. The third-order valence-electron chi connectivity index (χ3n) is 5.52. The number of anilines is 1. The second kappa shape index (κ2) is 10.2. The number of hydrogen-bond donors (Lipinski definition) is 0. The number of carbonyl (C=O) groups is 1. The van der Waals surface area contributed by atoms with E-state index in [2.05, 4.69) is 10.2 Å². The van der Waals surface area contributed by atoms with Gasteiger partial charge < -0.3 is 13.9 Å². The molecule has 5 rings (SSSR count). The molecule has 3 aromatic carbocycles. The lowest BCUT2D eigenvalue weighted by molar-refractivity contribution is -0.117. The van der Waals surface area contributed by atoms with E-state index in [0.29, 0.717) is 12.4 Å². The quantitative estimate of drug-likeness (QED) is 0.311. The van der Waals surface area contributed by atoms with Gasteiger partial charge in [-0.3, -0.25) is 9.69 Å². The molecule has 0 saturated heterocycles. The smallest absolute Gasteiger partial charge is 0.277 e. The van der Waals surface area contributed by atoms with Crippen LogP contribution in [-0.2, 0) is 4.79 Å². The summed E-state index contributed by atoms with van der Waals surface area (Å²) in [5.74, 6) is 0.453. The second-order valence-corrected chi connectivity index (χ2v) is 8.78. The second-order valence-electron chi connectivity index (χ2n) is 7.85. The monoisotopic (exact) mass is 491 g/mol. The Morgan fingerprint density at radius 1 is 1.09 bits per heavy atom. The molecule has 0 spiro atoms. The van der Waals surface area contributed by atoms with Crippen molar-refractivity contribution in [3.63, 3.8) is 0 Å². The fraction of sp³-hybridized carbons (Fsp3) is 0.192. The van der Waals surface area contributed by atoms with Crippen molar-refractivity contribution in [1.29, 1.82) is 0 Å². The van der Waals surface area contributed by atoms with E-state index in [1.54, 1.807) is 24.0 Å². The molecule has 7 nitrogen and oxygen atoms in total. The predicted octanol–water partition coefficient (Wildman–Crippen LogP) is 5.61. The zero-order valence-corrected chi connectivity index (χ0v) is 19.7. The summed E-state index contributed by atoms with van der Waals surface area (Å²) in [5, 5.41) is 8.25. The zero-order chi connectivity index (χ0) is 24.2. The summed E-state index contributed by atoms with van der Waals surface area (Å²) >= 11 is 1.14. The maximum absolute atomic E-state index is 13.9. The number of hydrogen-bond acceptors (Lipinski definition) is 7. The van der Waals surface area contributed by atoms with Gasteiger partial charge in [0.25, 0.3) is 11.1 Å². The summed E-state index contributed by atoms with van der Waals surface area (Å²) in [6.07, 6.45) is -0.655. The number of rotatable bonds is 7. The van der Waals surface area contributed by atoms with Crippen LogP contribution < -0.4 is 14.4 Å². The van der Waals surface area contributed by atoms with Crippen LogP contribution in [0.25, 0.3) is 0 Å². The Morgan fingerprint density at radius 3 is 2.66 bits per heavy atom. The van der Waals surface area contributed by atoms with E-state index in [-0.39, 0.29) is 34.6 Å². The lowest BCUT2D eigenvalue weighted by Crippen LogP contribution is -2.42. The molecule has 1 amide bonds. The zero-order valence-electron chi connectivity index (χ0n) is 18.8. The minimum atomic E-state index is -0.655. The molecule has 1 aliphatic heterocycles. The molecule has 0 N–H and O–H groups in total. The lowest BCUT2D eigenvalue weighted by atomic mass is 10.0. The van der Waals surface area contributed by atoms with Crippen LogP contribution >= 0.6 is 11.8 Å². The highest BCUT2D eigenvalue weighted by atomic mass is 32.2. The van der Waals surface area contributed by atoms with Crippen molar-refractivity contribution in [2.24, 2.45) is 0 Å². The van der Waals surface area contributed by atoms with Crippen LogP contribution in [0.15, 0.2) is 88.5 Å². The number of halogens is 1. The highest BCUT2D eigenvalue weighted by Crippen LogP contribution is 2.40. The summed E-state index contributed by atoms with van der Waals surface area (Å²) in [7, 11) is 0. The maximum Gasteiger partial charge on any atom is 0.277 e. The van der Waals surface area contributed by atoms with Crippen molar-refractivity contribution in [2.45, 2.75) is 24.3 Å². The topological polar surface area (TPSA) is 77.7 Å². The SMILES string of the molecule is CC(Oc1ccccc1F)c1nnc(SCC(=O)N2c3ccccc3OCC2c2ccccc2)o1.